The summed E-state index contributed by atoms with van der Waals surface area (Å²) in [6.45, 7) is 3.68. The third-order valence-corrected chi connectivity index (χ3v) is 5.54. The average molecular weight is 405 g/mol. The van der Waals surface area contributed by atoms with Crippen LogP contribution in [0.3, 0.4) is 0 Å². The van der Waals surface area contributed by atoms with E-state index >= 15 is 0 Å². The van der Waals surface area contributed by atoms with Crippen molar-refractivity contribution in [1.29, 1.82) is 0 Å². The number of likely N-dealkylation sites (tertiary alicyclic amines) is 1. The fourth-order valence-corrected chi connectivity index (χ4v) is 4.01. The summed E-state index contributed by atoms with van der Waals surface area (Å²) in [6.07, 6.45) is 3.04. The standard InChI is InChI=1S/C23H23N3O4/c1-15-4-2-6-19(25-15)23(27)26-11-21-22(12-26)29-14-17(13-28-21)30-20-7-3-5-16-10-24-9-8-18(16)20/h2-10,17,21-22H,11-14H2,1H3/t21-,22-/m0/s1. The molecule has 2 aromatic heterocycles. The smallest absolute Gasteiger partial charge is 0.272 e. The van der Waals surface area contributed by atoms with Crippen molar-refractivity contribution in [2.75, 3.05) is 26.3 Å². The fraction of sp³-hybridized carbons (Fsp3) is 0.348. The number of aromatic nitrogens is 2. The van der Waals surface area contributed by atoms with Gasteiger partial charge in [0.2, 0.25) is 0 Å². The number of ether oxygens (including phenoxy) is 3. The molecule has 30 heavy (non-hydrogen) atoms. The zero-order valence-corrected chi connectivity index (χ0v) is 16.7. The first-order valence-electron chi connectivity index (χ1n) is 10.1. The normalized spacial score (nSPS) is 22.0. The lowest BCUT2D eigenvalue weighted by Gasteiger charge is -2.20. The molecule has 154 valence electrons. The van der Waals surface area contributed by atoms with Gasteiger partial charge in [0, 0.05) is 41.9 Å². The first-order chi connectivity index (χ1) is 14.7. The summed E-state index contributed by atoms with van der Waals surface area (Å²) in [7, 11) is 0. The Kier molecular flexibility index (Phi) is 5.06. The van der Waals surface area contributed by atoms with Gasteiger partial charge in [-0.05, 0) is 31.2 Å². The Labute approximate surface area is 174 Å². The second kappa shape index (κ2) is 8.01. The maximum atomic E-state index is 12.8. The number of carbonyl (C=O) groups excluding carboxylic acids is 1. The van der Waals surface area contributed by atoms with Gasteiger partial charge in [0.25, 0.3) is 5.91 Å². The van der Waals surface area contributed by atoms with Crippen LogP contribution >= 0.6 is 0 Å². The van der Waals surface area contributed by atoms with Crippen molar-refractivity contribution in [3.05, 3.63) is 66.2 Å². The van der Waals surface area contributed by atoms with Crippen molar-refractivity contribution in [2.45, 2.75) is 25.2 Å². The monoisotopic (exact) mass is 405 g/mol. The first kappa shape index (κ1) is 19.0. The van der Waals surface area contributed by atoms with Crippen LogP contribution in [0.15, 0.2) is 54.9 Å². The number of carbonyl (C=O) groups is 1. The van der Waals surface area contributed by atoms with Crippen LogP contribution in [0.5, 0.6) is 5.75 Å². The van der Waals surface area contributed by atoms with Gasteiger partial charge in [-0.2, -0.15) is 0 Å². The average Bonchev–Trinajstić information content (AvgIpc) is 3.09. The molecule has 0 spiro atoms. The van der Waals surface area contributed by atoms with Crippen molar-refractivity contribution in [3.63, 3.8) is 0 Å². The highest BCUT2D eigenvalue weighted by Gasteiger charge is 2.40. The van der Waals surface area contributed by atoms with Crippen LogP contribution in [0.2, 0.25) is 0 Å². The zero-order chi connectivity index (χ0) is 20.5. The third-order valence-electron chi connectivity index (χ3n) is 5.54. The minimum Gasteiger partial charge on any atom is -0.485 e. The Morgan fingerprint density at radius 3 is 2.60 bits per heavy atom. The van der Waals surface area contributed by atoms with Crippen LogP contribution in [0.25, 0.3) is 10.8 Å². The number of pyridine rings is 2. The molecular formula is C23H23N3O4. The van der Waals surface area contributed by atoms with Crippen LogP contribution in [-0.4, -0.2) is 65.4 Å². The highest BCUT2D eigenvalue weighted by molar-refractivity contribution is 5.92. The molecule has 2 fully saturated rings. The summed E-state index contributed by atoms with van der Waals surface area (Å²) < 4.78 is 18.4. The second-order valence-corrected chi connectivity index (χ2v) is 7.71. The van der Waals surface area contributed by atoms with E-state index in [-0.39, 0.29) is 24.2 Å². The summed E-state index contributed by atoms with van der Waals surface area (Å²) in [5.74, 6) is 0.706. The van der Waals surface area contributed by atoms with Crippen LogP contribution < -0.4 is 4.74 Å². The van der Waals surface area contributed by atoms with Crippen molar-refractivity contribution < 1.29 is 19.0 Å². The van der Waals surface area contributed by atoms with Crippen molar-refractivity contribution in [2.24, 2.45) is 0 Å². The van der Waals surface area contributed by atoms with Gasteiger partial charge in [0.15, 0.2) is 0 Å². The maximum Gasteiger partial charge on any atom is 0.272 e. The fourth-order valence-electron chi connectivity index (χ4n) is 4.01. The minimum absolute atomic E-state index is 0.0869. The zero-order valence-electron chi connectivity index (χ0n) is 16.7. The molecule has 2 saturated heterocycles. The molecule has 1 amide bonds. The van der Waals surface area contributed by atoms with E-state index in [1.165, 1.54) is 0 Å². The van der Waals surface area contributed by atoms with Crippen molar-refractivity contribution in [3.8, 4) is 5.75 Å². The number of aryl methyl sites for hydroxylation is 1. The largest absolute Gasteiger partial charge is 0.485 e. The lowest BCUT2D eigenvalue weighted by Crippen LogP contribution is -2.33. The molecule has 5 rings (SSSR count). The van der Waals surface area contributed by atoms with E-state index in [1.807, 2.05) is 49.5 Å². The quantitative estimate of drug-likeness (QED) is 0.667. The molecule has 7 nitrogen and oxygen atoms in total. The second-order valence-electron chi connectivity index (χ2n) is 7.71. The van der Waals surface area contributed by atoms with Crippen molar-refractivity contribution >= 4 is 16.7 Å². The topological polar surface area (TPSA) is 73.8 Å². The molecule has 0 radical (unpaired) electrons. The number of rotatable bonds is 3. The summed E-state index contributed by atoms with van der Waals surface area (Å²) in [4.78, 5) is 23.0. The molecule has 2 aliphatic heterocycles. The highest BCUT2D eigenvalue weighted by Crippen LogP contribution is 2.27. The van der Waals surface area contributed by atoms with E-state index < -0.39 is 0 Å². The number of fused-ring (bicyclic) bond motifs is 2. The van der Waals surface area contributed by atoms with E-state index in [0.717, 1.165) is 22.2 Å². The maximum absolute atomic E-state index is 12.8. The molecule has 0 unspecified atom stereocenters. The number of benzene rings is 1. The van der Waals surface area contributed by atoms with Gasteiger partial charge < -0.3 is 19.1 Å². The van der Waals surface area contributed by atoms with Crippen LogP contribution in [0.4, 0.5) is 0 Å². The summed E-state index contributed by atoms with van der Waals surface area (Å²) in [5.41, 5.74) is 1.28. The predicted molar refractivity (Wildman–Crippen MR) is 111 cm³/mol. The SMILES string of the molecule is Cc1cccc(C(=O)N2C[C@@H]3OCC(Oc4cccc5cnccc45)CO[C@H]3C2)n1. The summed E-state index contributed by atoms with van der Waals surface area (Å²) in [5, 5.41) is 2.04. The predicted octanol–water partition coefficient (Wildman–Crippen LogP) is 2.63. The van der Waals surface area contributed by atoms with Crippen molar-refractivity contribution in [1.82, 2.24) is 14.9 Å². The van der Waals surface area contributed by atoms with Gasteiger partial charge in [-0.3, -0.25) is 9.78 Å². The van der Waals surface area contributed by atoms with Gasteiger partial charge in [-0.25, -0.2) is 4.98 Å². The Balaban J connectivity index is 1.23. The summed E-state index contributed by atoms with van der Waals surface area (Å²) in [6, 6.07) is 13.3. The van der Waals surface area contributed by atoms with E-state index in [4.69, 9.17) is 14.2 Å². The van der Waals surface area contributed by atoms with E-state index in [9.17, 15) is 4.79 Å². The molecule has 0 N–H and O–H groups in total. The number of amides is 1. The molecule has 0 bridgehead atoms. The van der Waals surface area contributed by atoms with Gasteiger partial charge >= 0.3 is 0 Å². The molecule has 0 saturated carbocycles. The molecule has 2 atom stereocenters. The molecule has 4 heterocycles. The van der Waals surface area contributed by atoms with Gasteiger partial charge in [0.05, 0.1) is 13.2 Å². The summed E-state index contributed by atoms with van der Waals surface area (Å²) >= 11 is 0. The Morgan fingerprint density at radius 1 is 1.07 bits per heavy atom. The first-order valence-corrected chi connectivity index (χ1v) is 10.1. The van der Waals surface area contributed by atoms with Crippen LogP contribution in [0.1, 0.15) is 16.2 Å². The van der Waals surface area contributed by atoms with Crippen LogP contribution in [-0.2, 0) is 9.47 Å². The Morgan fingerprint density at radius 2 is 1.83 bits per heavy atom. The molecule has 3 aromatic rings. The number of hydrogen-bond donors (Lipinski definition) is 0. The molecular weight excluding hydrogens is 382 g/mol. The Bertz CT molecular complexity index is 1050. The molecule has 2 aliphatic rings. The Hall–Kier alpha value is -3.03. The lowest BCUT2D eigenvalue weighted by atomic mass is 10.1. The third kappa shape index (κ3) is 3.74. The highest BCUT2D eigenvalue weighted by atomic mass is 16.6. The number of nitrogens with zero attached hydrogens (tertiary/aromatic N) is 3. The van der Waals surface area contributed by atoms with Crippen LogP contribution in [0, 0.1) is 6.92 Å². The lowest BCUT2D eigenvalue weighted by molar-refractivity contribution is -0.00461. The van der Waals surface area contributed by atoms with E-state index in [2.05, 4.69) is 9.97 Å². The van der Waals surface area contributed by atoms with Gasteiger partial charge in [0.1, 0.15) is 29.8 Å². The molecule has 0 aliphatic carbocycles. The van der Waals surface area contributed by atoms with Gasteiger partial charge in [-0.15, -0.1) is 0 Å². The van der Waals surface area contributed by atoms with E-state index in [0.29, 0.717) is 32.0 Å². The number of hydrogen-bond acceptors (Lipinski definition) is 6. The minimum atomic E-state index is -0.211. The molecule has 1 aromatic carbocycles. The van der Waals surface area contributed by atoms with E-state index in [1.54, 1.807) is 17.2 Å². The van der Waals surface area contributed by atoms with Gasteiger partial charge in [-0.1, -0.05) is 18.2 Å². The molecule has 7 heteroatoms.